The molecular formula is C9H12FN3O3. The van der Waals surface area contributed by atoms with Gasteiger partial charge in [0.05, 0.1) is 25.9 Å². The SMILES string of the molecule is Nc1nc(=O)n([C@H]2COC[C@@H]2CO)cc1F. The topological polar surface area (TPSA) is 90.4 Å². The Bertz CT molecular complexity index is 448. The molecule has 0 bridgehead atoms. The van der Waals surface area contributed by atoms with Gasteiger partial charge in [0.1, 0.15) is 0 Å². The van der Waals surface area contributed by atoms with E-state index in [0.717, 1.165) is 10.8 Å². The van der Waals surface area contributed by atoms with Gasteiger partial charge in [-0.15, -0.1) is 0 Å². The Hall–Kier alpha value is -1.47. The van der Waals surface area contributed by atoms with E-state index in [1.54, 1.807) is 0 Å². The zero-order valence-corrected chi connectivity index (χ0v) is 8.47. The largest absolute Gasteiger partial charge is 0.396 e. The van der Waals surface area contributed by atoms with Crippen molar-refractivity contribution in [2.24, 2.45) is 5.92 Å². The number of aliphatic hydroxyl groups excluding tert-OH is 1. The highest BCUT2D eigenvalue weighted by Gasteiger charge is 2.30. The van der Waals surface area contributed by atoms with Crippen molar-refractivity contribution < 1.29 is 14.2 Å². The van der Waals surface area contributed by atoms with E-state index in [4.69, 9.17) is 15.6 Å². The maximum atomic E-state index is 13.2. The maximum absolute atomic E-state index is 13.2. The van der Waals surface area contributed by atoms with Crippen LogP contribution in [0.3, 0.4) is 0 Å². The number of anilines is 1. The summed E-state index contributed by atoms with van der Waals surface area (Å²) in [5.41, 5.74) is 4.54. The Kier molecular flexibility index (Phi) is 2.88. The minimum atomic E-state index is -0.747. The minimum Gasteiger partial charge on any atom is -0.396 e. The van der Waals surface area contributed by atoms with Gasteiger partial charge in [-0.25, -0.2) is 9.18 Å². The molecular weight excluding hydrogens is 217 g/mol. The van der Waals surface area contributed by atoms with Crippen LogP contribution in [0.2, 0.25) is 0 Å². The minimum absolute atomic E-state index is 0.122. The summed E-state index contributed by atoms with van der Waals surface area (Å²) in [5.74, 6) is -1.38. The van der Waals surface area contributed by atoms with E-state index in [2.05, 4.69) is 4.98 Å². The van der Waals surface area contributed by atoms with E-state index < -0.39 is 17.3 Å². The summed E-state index contributed by atoms with van der Waals surface area (Å²) in [6.07, 6.45) is 1.01. The first-order chi connectivity index (χ1) is 7.63. The molecule has 0 aliphatic carbocycles. The molecule has 0 saturated carbocycles. The number of rotatable bonds is 2. The van der Waals surface area contributed by atoms with Gasteiger partial charge in [0.2, 0.25) is 0 Å². The van der Waals surface area contributed by atoms with Crippen molar-refractivity contribution in [2.75, 3.05) is 25.6 Å². The van der Waals surface area contributed by atoms with Crippen molar-refractivity contribution in [3.05, 3.63) is 22.5 Å². The molecule has 3 N–H and O–H groups in total. The summed E-state index contributed by atoms with van der Waals surface area (Å²) in [4.78, 5) is 14.9. The van der Waals surface area contributed by atoms with Gasteiger partial charge in [0, 0.05) is 12.1 Å². The molecule has 16 heavy (non-hydrogen) atoms. The second-order valence-electron chi connectivity index (χ2n) is 3.71. The Morgan fingerprint density at radius 1 is 1.69 bits per heavy atom. The van der Waals surface area contributed by atoms with Gasteiger partial charge < -0.3 is 15.6 Å². The molecule has 2 atom stereocenters. The number of aliphatic hydroxyl groups is 1. The molecule has 2 heterocycles. The summed E-state index contributed by atoms with van der Waals surface area (Å²) in [6, 6.07) is -0.389. The summed E-state index contributed by atoms with van der Waals surface area (Å²) in [5, 5.41) is 9.08. The average molecular weight is 229 g/mol. The number of nitrogen functional groups attached to an aromatic ring is 1. The van der Waals surface area contributed by atoms with Crippen molar-refractivity contribution in [1.82, 2.24) is 9.55 Å². The number of halogens is 1. The molecule has 0 amide bonds. The molecule has 1 aromatic rings. The van der Waals surface area contributed by atoms with Gasteiger partial charge in [-0.1, -0.05) is 0 Å². The first kappa shape index (κ1) is 11.0. The monoisotopic (exact) mass is 229 g/mol. The molecule has 1 aliphatic rings. The third-order valence-electron chi connectivity index (χ3n) is 2.69. The van der Waals surface area contributed by atoms with E-state index in [1.807, 2.05) is 0 Å². The first-order valence-corrected chi connectivity index (χ1v) is 4.86. The van der Waals surface area contributed by atoms with Crippen LogP contribution in [0.25, 0.3) is 0 Å². The second-order valence-corrected chi connectivity index (χ2v) is 3.71. The van der Waals surface area contributed by atoms with Crippen molar-refractivity contribution in [1.29, 1.82) is 0 Å². The molecule has 0 radical (unpaired) electrons. The van der Waals surface area contributed by atoms with Crippen LogP contribution in [-0.4, -0.2) is 34.5 Å². The molecule has 2 rings (SSSR count). The molecule has 7 heteroatoms. The van der Waals surface area contributed by atoms with Crippen LogP contribution in [0.4, 0.5) is 10.2 Å². The number of hydrogen-bond donors (Lipinski definition) is 2. The molecule has 1 aliphatic heterocycles. The van der Waals surface area contributed by atoms with Crippen molar-refractivity contribution in [2.45, 2.75) is 6.04 Å². The predicted molar refractivity (Wildman–Crippen MR) is 53.3 cm³/mol. The molecule has 88 valence electrons. The maximum Gasteiger partial charge on any atom is 0.350 e. The molecule has 6 nitrogen and oxygen atoms in total. The lowest BCUT2D eigenvalue weighted by Crippen LogP contribution is -2.32. The van der Waals surface area contributed by atoms with E-state index in [-0.39, 0.29) is 25.2 Å². The highest BCUT2D eigenvalue weighted by Crippen LogP contribution is 2.24. The number of nitrogens with two attached hydrogens (primary N) is 1. The van der Waals surface area contributed by atoms with Gasteiger partial charge in [-0.3, -0.25) is 4.57 Å². The van der Waals surface area contributed by atoms with Crippen LogP contribution in [0.5, 0.6) is 0 Å². The summed E-state index contributed by atoms with van der Waals surface area (Å²) < 4.78 is 19.5. The van der Waals surface area contributed by atoms with Crippen LogP contribution in [0.15, 0.2) is 11.0 Å². The third kappa shape index (κ3) is 1.79. The Morgan fingerprint density at radius 3 is 3.12 bits per heavy atom. The van der Waals surface area contributed by atoms with E-state index in [9.17, 15) is 9.18 Å². The predicted octanol–water partition coefficient (Wildman–Crippen LogP) is -0.856. The van der Waals surface area contributed by atoms with Crippen LogP contribution >= 0.6 is 0 Å². The summed E-state index contributed by atoms with van der Waals surface area (Å²) in [7, 11) is 0. The molecule has 1 saturated heterocycles. The Morgan fingerprint density at radius 2 is 2.44 bits per heavy atom. The molecule has 0 aromatic carbocycles. The normalized spacial score (nSPS) is 24.9. The van der Waals surface area contributed by atoms with E-state index in [1.165, 1.54) is 0 Å². The molecule has 1 aromatic heterocycles. The first-order valence-electron chi connectivity index (χ1n) is 4.86. The molecule has 0 spiro atoms. The second kappa shape index (κ2) is 4.18. The lowest BCUT2D eigenvalue weighted by molar-refractivity contribution is 0.160. The summed E-state index contributed by atoms with van der Waals surface area (Å²) >= 11 is 0. The van der Waals surface area contributed by atoms with Crippen molar-refractivity contribution in [3.63, 3.8) is 0 Å². The lowest BCUT2D eigenvalue weighted by Gasteiger charge is -2.17. The zero-order chi connectivity index (χ0) is 11.7. The van der Waals surface area contributed by atoms with Gasteiger partial charge in [-0.05, 0) is 0 Å². The number of hydrogen-bond acceptors (Lipinski definition) is 5. The average Bonchev–Trinajstić information content (AvgIpc) is 2.71. The number of aromatic nitrogens is 2. The number of ether oxygens (including phenoxy) is 1. The van der Waals surface area contributed by atoms with Gasteiger partial charge in [0.15, 0.2) is 11.6 Å². The van der Waals surface area contributed by atoms with Gasteiger partial charge in [0.25, 0.3) is 0 Å². The van der Waals surface area contributed by atoms with Crippen LogP contribution < -0.4 is 11.4 Å². The molecule has 1 fully saturated rings. The van der Waals surface area contributed by atoms with Gasteiger partial charge >= 0.3 is 5.69 Å². The van der Waals surface area contributed by atoms with Crippen LogP contribution in [0.1, 0.15) is 6.04 Å². The van der Waals surface area contributed by atoms with Crippen LogP contribution in [0, 0.1) is 11.7 Å². The zero-order valence-electron chi connectivity index (χ0n) is 8.47. The summed E-state index contributed by atoms with van der Waals surface area (Å²) in [6.45, 7) is 0.485. The highest BCUT2D eigenvalue weighted by atomic mass is 19.1. The van der Waals surface area contributed by atoms with Crippen LogP contribution in [-0.2, 0) is 4.74 Å². The number of nitrogens with zero attached hydrogens (tertiary/aromatic N) is 2. The quantitative estimate of drug-likeness (QED) is 0.689. The fourth-order valence-electron chi connectivity index (χ4n) is 1.76. The van der Waals surface area contributed by atoms with Crippen molar-refractivity contribution >= 4 is 5.82 Å². The fourth-order valence-corrected chi connectivity index (χ4v) is 1.76. The fraction of sp³-hybridized carbons (Fsp3) is 0.556. The van der Waals surface area contributed by atoms with Crippen molar-refractivity contribution in [3.8, 4) is 0 Å². The Balaban J connectivity index is 2.40. The smallest absolute Gasteiger partial charge is 0.350 e. The lowest BCUT2D eigenvalue weighted by atomic mass is 10.1. The van der Waals surface area contributed by atoms with E-state index >= 15 is 0 Å². The van der Waals surface area contributed by atoms with Gasteiger partial charge in [-0.2, -0.15) is 4.98 Å². The standard InChI is InChI=1S/C9H12FN3O3/c10-6-1-13(9(15)12-8(6)11)7-4-16-3-5(7)2-14/h1,5,7,14H,2-4H2,(H2,11,12,15)/t5-,7-/m0/s1. The highest BCUT2D eigenvalue weighted by molar-refractivity contribution is 5.26. The molecule has 0 unspecified atom stereocenters. The third-order valence-corrected chi connectivity index (χ3v) is 2.69. The Labute approximate surface area is 90.5 Å². The van der Waals surface area contributed by atoms with E-state index in [0.29, 0.717) is 6.61 Å².